The van der Waals surface area contributed by atoms with Gasteiger partial charge in [-0.25, -0.2) is 8.78 Å². The molecule has 43 heavy (non-hydrogen) atoms. The second-order valence-electron chi connectivity index (χ2n) is 10.5. The van der Waals surface area contributed by atoms with Crippen molar-refractivity contribution in [2.24, 2.45) is 5.73 Å². The first-order chi connectivity index (χ1) is 20.0. The Bertz CT molecular complexity index is 1400. The van der Waals surface area contributed by atoms with Gasteiger partial charge in [0.15, 0.2) is 0 Å². The van der Waals surface area contributed by atoms with Gasteiger partial charge in [0.2, 0.25) is 0 Å². The van der Waals surface area contributed by atoms with Gasteiger partial charge in [-0.1, -0.05) is 54.7 Å². The summed E-state index contributed by atoms with van der Waals surface area (Å²) in [4.78, 5) is -0.133. The van der Waals surface area contributed by atoms with Gasteiger partial charge < -0.3 is 16.2 Å². The third-order valence-corrected chi connectivity index (χ3v) is 8.48. The van der Waals surface area contributed by atoms with Crippen molar-refractivity contribution in [2.75, 3.05) is 6.54 Å². The van der Waals surface area contributed by atoms with Crippen molar-refractivity contribution in [3.05, 3.63) is 95.1 Å². The van der Waals surface area contributed by atoms with Crippen LogP contribution in [0, 0.1) is 25.5 Å². The fraction of sp³-hybridized carbons (Fsp3) is 0.400. The molecule has 1 aliphatic rings. The Morgan fingerprint density at radius 1 is 0.791 bits per heavy atom. The average molecular weight is 643 g/mol. The molecular formula is C30H40F2N2O7S2. The van der Waals surface area contributed by atoms with E-state index in [9.17, 15) is 30.7 Å². The minimum Gasteiger partial charge on any atom is -0.390 e. The summed E-state index contributed by atoms with van der Waals surface area (Å²) in [7, 11) is -8.04. The monoisotopic (exact) mass is 642 g/mol. The van der Waals surface area contributed by atoms with E-state index >= 15 is 0 Å². The molecular weight excluding hydrogens is 602 g/mol. The maximum atomic E-state index is 13.1. The van der Waals surface area contributed by atoms with Crippen LogP contribution < -0.4 is 11.1 Å². The number of aliphatic hydroxyl groups excluding tert-OH is 1. The summed E-state index contributed by atoms with van der Waals surface area (Å²) in [6.45, 7) is 4.10. The van der Waals surface area contributed by atoms with Gasteiger partial charge >= 0.3 is 0 Å². The number of nitrogens with two attached hydrogens (primary N) is 1. The summed E-state index contributed by atoms with van der Waals surface area (Å²) in [6, 6.07) is 15.2. The molecule has 0 amide bonds. The SMILES string of the molecule is Cc1ccc(S(=O)(=O)O)cc1.Cc1ccc(S(=O)(=O)O)cc1.N[C@@H](Cc1cc(F)cc(F)c1)[C@H](O)CNC1CCCCC1. The summed E-state index contributed by atoms with van der Waals surface area (Å²) in [6.07, 6.45) is 5.53. The van der Waals surface area contributed by atoms with Crippen LogP contribution in [0.5, 0.6) is 0 Å². The number of aliphatic hydroxyl groups is 1. The van der Waals surface area contributed by atoms with E-state index in [1.54, 1.807) is 24.3 Å². The number of hydrogen-bond donors (Lipinski definition) is 5. The second-order valence-corrected chi connectivity index (χ2v) is 13.4. The van der Waals surface area contributed by atoms with Gasteiger partial charge in [0.1, 0.15) is 11.6 Å². The predicted molar refractivity (Wildman–Crippen MR) is 161 cm³/mol. The van der Waals surface area contributed by atoms with Gasteiger partial charge in [-0.05, 0) is 75.1 Å². The minimum absolute atomic E-state index is 0.0666. The number of halogens is 2. The van der Waals surface area contributed by atoms with Gasteiger partial charge in [-0.15, -0.1) is 0 Å². The van der Waals surface area contributed by atoms with E-state index < -0.39 is 44.0 Å². The topological polar surface area (TPSA) is 167 Å². The Kier molecular flexibility index (Phi) is 14.3. The molecule has 6 N–H and O–H groups in total. The van der Waals surface area contributed by atoms with Gasteiger partial charge in [0, 0.05) is 24.7 Å². The van der Waals surface area contributed by atoms with Crippen LogP contribution in [0.15, 0.2) is 76.5 Å². The highest BCUT2D eigenvalue weighted by molar-refractivity contribution is 7.86. The lowest BCUT2D eigenvalue weighted by Gasteiger charge is -2.26. The van der Waals surface area contributed by atoms with Crippen molar-refractivity contribution in [2.45, 2.75) is 80.4 Å². The van der Waals surface area contributed by atoms with Crippen LogP contribution in [-0.4, -0.2) is 55.8 Å². The maximum absolute atomic E-state index is 13.1. The van der Waals surface area contributed by atoms with E-state index in [1.807, 2.05) is 13.8 Å². The Balaban J connectivity index is 0.000000247. The van der Waals surface area contributed by atoms with E-state index in [4.69, 9.17) is 14.8 Å². The summed E-state index contributed by atoms with van der Waals surface area (Å²) in [5.74, 6) is -1.24. The molecule has 0 bridgehead atoms. The number of rotatable bonds is 8. The molecule has 1 aliphatic carbocycles. The third kappa shape index (κ3) is 14.0. The molecule has 2 atom stereocenters. The molecule has 4 rings (SSSR count). The lowest BCUT2D eigenvalue weighted by Crippen LogP contribution is -2.46. The van der Waals surface area contributed by atoms with Crippen molar-refractivity contribution in [3.63, 3.8) is 0 Å². The van der Waals surface area contributed by atoms with Crippen molar-refractivity contribution in [3.8, 4) is 0 Å². The largest absolute Gasteiger partial charge is 0.390 e. The quantitative estimate of drug-likeness (QED) is 0.221. The fourth-order valence-corrected chi connectivity index (χ4v) is 5.26. The highest BCUT2D eigenvalue weighted by atomic mass is 32.2. The predicted octanol–water partition coefficient (Wildman–Crippen LogP) is 4.60. The van der Waals surface area contributed by atoms with Crippen molar-refractivity contribution in [1.82, 2.24) is 5.32 Å². The molecule has 0 spiro atoms. The number of benzene rings is 3. The zero-order valence-corrected chi connectivity index (χ0v) is 25.8. The van der Waals surface area contributed by atoms with E-state index in [0.717, 1.165) is 30.0 Å². The standard InChI is InChI=1S/C16H24F2N2O.2C7H8O3S/c17-12-6-11(7-13(18)9-12)8-15(19)16(21)10-20-14-4-2-1-3-5-14;2*1-6-2-4-7(5-3-6)11(8,9)10/h6-7,9,14-16,20-21H,1-5,8,10,19H2;2*2-5H,1H3,(H,8,9,10)/t15-,16+;;/m0../s1. The molecule has 0 radical (unpaired) electrons. The molecule has 0 unspecified atom stereocenters. The van der Waals surface area contributed by atoms with E-state index in [-0.39, 0.29) is 16.2 Å². The highest BCUT2D eigenvalue weighted by Gasteiger charge is 2.19. The van der Waals surface area contributed by atoms with Crippen molar-refractivity contribution < 1.29 is 39.8 Å². The summed E-state index contributed by atoms with van der Waals surface area (Å²) < 4.78 is 85.3. The second kappa shape index (κ2) is 16.9. The van der Waals surface area contributed by atoms with Crippen molar-refractivity contribution in [1.29, 1.82) is 0 Å². The van der Waals surface area contributed by atoms with E-state index in [0.29, 0.717) is 18.2 Å². The zero-order valence-electron chi connectivity index (χ0n) is 24.2. The van der Waals surface area contributed by atoms with Gasteiger partial charge in [0.05, 0.1) is 15.9 Å². The average Bonchev–Trinajstić information content (AvgIpc) is 2.92. The molecule has 1 saturated carbocycles. The van der Waals surface area contributed by atoms with Gasteiger partial charge in [-0.2, -0.15) is 16.8 Å². The summed E-state index contributed by atoms with van der Waals surface area (Å²) >= 11 is 0. The molecule has 238 valence electrons. The molecule has 1 fully saturated rings. The normalized spacial score (nSPS) is 15.3. The third-order valence-electron chi connectivity index (χ3n) is 6.75. The van der Waals surface area contributed by atoms with E-state index in [1.165, 1.54) is 55.7 Å². The van der Waals surface area contributed by atoms with Crippen LogP contribution in [0.2, 0.25) is 0 Å². The Morgan fingerprint density at radius 2 is 1.21 bits per heavy atom. The van der Waals surface area contributed by atoms with Crippen LogP contribution in [-0.2, 0) is 26.7 Å². The number of hydrogen-bond acceptors (Lipinski definition) is 7. The smallest absolute Gasteiger partial charge is 0.294 e. The summed E-state index contributed by atoms with van der Waals surface area (Å²) in [5, 5.41) is 13.4. The molecule has 13 heteroatoms. The molecule has 3 aromatic rings. The Morgan fingerprint density at radius 3 is 1.60 bits per heavy atom. The van der Waals surface area contributed by atoms with Crippen LogP contribution >= 0.6 is 0 Å². The van der Waals surface area contributed by atoms with Crippen LogP contribution in [0.4, 0.5) is 8.78 Å². The maximum Gasteiger partial charge on any atom is 0.294 e. The number of nitrogens with one attached hydrogen (secondary N) is 1. The molecule has 3 aromatic carbocycles. The molecule has 0 heterocycles. The first kappa shape index (κ1) is 36.4. The van der Waals surface area contributed by atoms with E-state index in [2.05, 4.69) is 5.32 Å². The lowest BCUT2D eigenvalue weighted by molar-refractivity contribution is 0.135. The molecule has 9 nitrogen and oxygen atoms in total. The molecule has 0 aliphatic heterocycles. The number of aryl methyl sites for hydroxylation is 2. The highest BCUT2D eigenvalue weighted by Crippen LogP contribution is 2.17. The molecule has 0 saturated heterocycles. The summed E-state index contributed by atoms with van der Waals surface area (Å²) in [5.41, 5.74) is 8.31. The Labute approximate surface area is 252 Å². The van der Waals surface area contributed by atoms with Crippen molar-refractivity contribution >= 4 is 20.2 Å². The van der Waals surface area contributed by atoms with Crippen LogP contribution in [0.3, 0.4) is 0 Å². The first-order valence-corrected chi connectivity index (χ1v) is 16.6. The lowest BCUT2D eigenvalue weighted by atomic mass is 9.95. The fourth-order valence-electron chi connectivity index (χ4n) is 4.30. The Hall–Kier alpha value is -2.78. The molecule has 0 aromatic heterocycles. The van der Waals surface area contributed by atoms with Gasteiger partial charge in [-0.3, -0.25) is 9.11 Å². The zero-order chi connectivity index (χ0) is 32.2. The van der Waals surface area contributed by atoms with Gasteiger partial charge in [0.25, 0.3) is 20.2 Å². The minimum atomic E-state index is -4.02. The van der Waals surface area contributed by atoms with Crippen LogP contribution in [0.1, 0.15) is 48.8 Å². The first-order valence-electron chi connectivity index (χ1n) is 13.7. The van der Waals surface area contributed by atoms with Crippen LogP contribution in [0.25, 0.3) is 0 Å².